The average Bonchev–Trinajstić information content (AvgIpc) is 3.19. The van der Waals surface area contributed by atoms with Gasteiger partial charge in [0, 0.05) is 12.2 Å². The Morgan fingerprint density at radius 3 is 2.44 bits per heavy atom. The van der Waals surface area contributed by atoms with E-state index < -0.39 is 11.9 Å². The zero-order valence-electron chi connectivity index (χ0n) is 10.3. The molecule has 100 valence electrons. The van der Waals surface area contributed by atoms with Gasteiger partial charge >= 0.3 is 11.9 Å². The molecule has 1 saturated heterocycles. The fourth-order valence-corrected chi connectivity index (χ4v) is 1.91. The number of epoxide rings is 1. The topological polar surface area (TPSA) is 65.1 Å². The van der Waals surface area contributed by atoms with Gasteiger partial charge in [0.2, 0.25) is 0 Å². The van der Waals surface area contributed by atoms with Gasteiger partial charge in [-0.1, -0.05) is 6.42 Å². The maximum Gasteiger partial charge on any atom is 0.331 e. The van der Waals surface area contributed by atoms with Crippen molar-refractivity contribution in [3.63, 3.8) is 0 Å². The molecule has 2 rings (SSSR count). The highest BCUT2D eigenvalue weighted by atomic mass is 16.6. The van der Waals surface area contributed by atoms with E-state index in [0.717, 1.165) is 37.8 Å². The Bertz CT molecular complexity index is 326. The summed E-state index contributed by atoms with van der Waals surface area (Å²) in [5, 5.41) is 0. The van der Waals surface area contributed by atoms with Crippen molar-refractivity contribution in [3.05, 3.63) is 12.2 Å². The molecule has 0 aromatic heterocycles. The first-order chi connectivity index (χ1) is 8.74. The second kappa shape index (κ2) is 6.54. The molecule has 1 unspecified atom stereocenters. The molecule has 1 aliphatic carbocycles. The average molecular weight is 254 g/mol. The summed E-state index contributed by atoms with van der Waals surface area (Å²) in [6.07, 6.45) is 7.53. The Hall–Kier alpha value is -1.36. The monoisotopic (exact) mass is 254 g/mol. The molecule has 5 heteroatoms. The minimum absolute atomic E-state index is 0.00628. The lowest BCUT2D eigenvalue weighted by Crippen LogP contribution is -2.19. The van der Waals surface area contributed by atoms with Crippen LogP contribution in [0.1, 0.15) is 32.1 Å². The molecule has 1 saturated carbocycles. The van der Waals surface area contributed by atoms with Crippen LogP contribution in [0.3, 0.4) is 0 Å². The lowest BCUT2D eigenvalue weighted by atomic mass is 9.98. The van der Waals surface area contributed by atoms with E-state index >= 15 is 0 Å². The highest BCUT2D eigenvalue weighted by molar-refractivity contribution is 5.91. The van der Waals surface area contributed by atoms with Crippen LogP contribution in [0.25, 0.3) is 0 Å². The Balaban J connectivity index is 1.63. The van der Waals surface area contributed by atoms with E-state index in [1.54, 1.807) is 0 Å². The van der Waals surface area contributed by atoms with Crippen LogP contribution >= 0.6 is 0 Å². The van der Waals surface area contributed by atoms with Gasteiger partial charge in [0.1, 0.15) is 18.8 Å². The third kappa shape index (κ3) is 4.87. The zero-order valence-corrected chi connectivity index (χ0v) is 10.3. The molecule has 0 aromatic carbocycles. The van der Waals surface area contributed by atoms with Crippen molar-refractivity contribution < 1.29 is 23.8 Å². The highest BCUT2D eigenvalue weighted by Crippen LogP contribution is 2.20. The van der Waals surface area contributed by atoms with Gasteiger partial charge in [0.05, 0.1) is 6.61 Å². The highest BCUT2D eigenvalue weighted by Gasteiger charge is 2.23. The number of esters is 2. The van der Waals surface area contributed by atoms with Crippen molar-refractivity contribution in [2.24, 2.45) is 0 Å². The van der Waals surface area contributed by atoms with Crippen LogP contribution in [0.2, 0.25) is 0 Å². The van der Waals surface area contributed by atoms with Crippen LogP contribution < -0.4 is 0 Å². The van der Waals surface area contributed by atoms with E-state index in [1.807, 2.05) is 0 Å². The second-order valence-electron chi connectivity index (χ2n) is 4.62. The number of carbonyl (C=O) groups excluding carboxylic acids is 2. The molecule has 0 N–H and O–H groups in total. The summed E-state index contributed by atoms with van der Waals surface area (Å²) in [5.41, 5.74) is 0. The maximum atomic E-state index is 11.4. The predicted octanol–water partition coefficient (Wildman–Crippen LogP) is 1.36. The van der Waals surface area contributed by atoms with Crippen LogP contribution in [0.5, 0.6) is 0 Å². The Morgan fingerprint density at radius 2 is 1.78 bits per heavy atom. The fraction of sp³-hybridized carbons (Fsp3) is 0.692. The minimum Gasteiger partial charge on any atom is -0.460 e. The number of hydrogen-bond donors (Lipinski definition) is 0. The van der Waals surface area contributed by atoms with E-state index in [2.05, 4.69) is 0 Å². The van der Waals surface area contributed by atoms with E-state index in [4.69, 9.17) is 14.2 Å². The van der Waals surface area contributed by atoms with Gasteiger partial charge in [0.25, 0.3) is 0 Å². The zero-order chi connectivity index (χ0) is 12.8. The smallest absolute Gasteiger partial charge is 0.331 e. The van der Waals surface area contributed by atoms with Crippen molar-refractivity contribution in [1.82, 2.24) is 0 Å². The maximum absolute atomic E-state index is 11.4. The molecule has 0 bridgehead atoms. The van der Waals surface area contributed by atoms with Gasteiger partial charge in [0.15, 0.2) is 0 Å². The minimum atomic E-state index is -0.536. The van der Waals surface area contributed by atoms with Gasteiger partial charge in [-0.15, -0.1) is 0 Å². The number of rotatable bonds is 5. The Kier molecular flexibility index (Phi) is 4.75. The molecule has 2 aliphatic rings. The SMILES string of the molecule is O=C(/C=C\C(=O)OC1CCCCC1)OCC1CO1. The third-order valence-corrected chi connectivity index (χ3v) is 3.00. The molecular weight excluding hydrogens is 236 g/mol. The second-order valence-corrected chi connectivity index (χ2v) is 4.62. The molecule has 1 heterocycles. The summed E-state index contributed by atoms with van der Waals surface area (Å²) < 4.78 is 15.0. The van der Waals surface area contributed by atoms with Crippen LogP contribution in [0.15, 0.2) is 12.2 Å². The summed E-state index contributed by atoms with van der Waals surface area (Å²) in [6, 6.07) is 0. The molecule has 18 heavy (non-hydrogen) atoms. The Morgan fingerprint density at radius 1 is 1.11 bits per heavy atom. The molecule has 0 aromatic rings. The first-order valence-corrected chi connectivity index (χ1v) is 6.41. The number of hydrogen-bond acceptors (Lipinski definition) is 5. The third-order valence-electron chi connectivity index (χ3n) is 3.00. The van der Waals surface area contributed by atoms with E-state index in [0.29, 0.717) is 6.61 Å². The van der Waals surface area contributed by atoms with Crippen LogP contribution in [0.4, 0.5) is 0 Å². The quantitative estimate of drug-likeness (QED) is 0.421. The Labute approximate surface area is 106 Å². The largest absolute Gasteiger partial charge is 0.460 e. The molecular formula is C13H18O5. The van der Waals surface area contributed by atoms with Crippen LogP contribution in [-0.4, -0.2) is 37.4 Å². The van der Waals surface area contributed by atoms with E-state index in [1.165, 1.54) is 6.42 Å². The molecule has 1 atom stereocenters. The standard InChI is InChI=1S/C13H18O5/c14-12(17-9-11-8-16-11)6-7-13(15)18-10-4-2-1-3-5-10/h6-7,10-11H,1-5,8-9H2/b7-6-. The number of ether oxygens (including phenoxy) is 3. The molecule has 0 radical (unpaired) electrons. The van der Waals surface area contributed by atoms with Gasteiger partial charge < -0.3 is 14.2 Å². The van der Waals surface area contributed by atoms with Crippen molar-refractivity contribution in [1.29, 1.82) is 0 Å². The summed E-state index contributed by atoms with van der Waals surface area (Å²) >= 11 is 0. The van der Waals surface area contributed by atoms with Crippen molar-refractivity contribution in [3.8, 4) is 0 Å². The summed E-state index contributed by atoms with van der Waals surface area (Å²) in [4.78, 5) is 22.6. The van der Waals surface area contributed by atoms with Crippen molar-refractivity contribution in [2.45, 2.75) is 44.3 Å². The molecule has 5 nitrogen and oxygen atoms in total. The van der Waals surface area contributed by atoms with Crippen LogP contribution in [-0.2, 0) is 23.8 Å². The normalized spacial score (nSPS) is 23.9. The van der Waals surface area contributed by atoms with E-state index in [9.17, 15) is 9.59 Å². The summed E-state index contributed by atoms with van der Waals surface area (Å²) in [6.45, 7) is 0.890. The first kappa shape index (κ1) is 13.1. The van der Waals surface area contributed by atoms with Crippen molar-refractivity contribution >= 4 is 11.9 Å². The van der Waals surface area contributed by atoms with Gasteiger partial charge in [-0.2, -0.15) is 0 Å². The predicted molar refractivity (Wildman–Crippen MR) is 62.8 cm³/mol. The summed E-state index contributed by atoms with van der Waals surface area (Å²) in [5.74, 6) is -1.01. The van der Waals surface area contributed by atoms with Gasteiger partial charge in [-0.3, -0.25) is 0 Å². The lowest BCUT2D eigenvalue weighted by molar-refractivity contribution is -0.145. The van der Waals surface area contributed by atoms with Gasteiger partial charge in [-0.25, -0.2) is 9.59 Å². The van der Waals surface area contributed by atoms with Crippen LogP contribution in [0, 0.1) is 0 Å². The first-order valence-electron chi connectivity index (χ1n) is 6.41. The van der Waals surface area contributed by atoms with E-state index in [-0.39, 0.29) is 18.8 Å². The van der Waals surface area contributed by atoms with Crippen molar-refractivity contribution in [2.75, 3.05) is 13.2 Å². The number of carbonyl (C=O) groups is 2. The lowest BCUT2D eigenvalue weighted by Gasteiger charge is -2.20. The molecule has 2 fully saturated rings. The summed E-state index contributed by atoms with van der Waals surface area (Å²) in [7, 11) is 0. The van der Waals surface area contributed by atoms with Gasteiger partial charge in [-0.05, 0) is 25.7 Å². The fourth-order valence-electron chi connectivity index (χ4n) is 1.91. The molecule has 0 spiro atoms. The molecule has 0 amide bonds. The molecule has 1 aliphatic heterocycles.